The van der Waals surface area contributed by atoms with E-state index in [2.05, 4.69) is 39.8 Å². The highest BCUT2D eigenvalue weighted by Gasteiger charge is 2.30. The van der Waals surface area contributed by atoms with Crippen molar-refractivity contribution in [2.24, 2.45) is 0 Å². The van der Waals surface area contributed by atoms with Crippen molar-refractivity contribution in [2.45, 2.75) is 52.1 Å². The molecule has 19 heavy (non-hydrogen) atoms. The van der Waals surface area contributed by atoms with Crippen LogP contribution in [0.3, 0.4) is 0 Å². The van der Waals surface area contributed by atoms with Gasteiger partial charge >= 0.3 is 0 Å². The molecule has 1 aromatic heterocycles. The van der Waals surface area contributed by atoms with Crippen molar-refractivity contribution in [3.05, 3.63) is 15.1 Å². The number of rotatable bonds is 7. The first-order valence-electron chi connectivity index (χ1n) is 7.10. The van der Waals surface area contributed by atoms with Gasteiger partial charge in [0, 0.05) is 19.1 Å². The highest BCUT2D eigenvalue weighted by molar-refractivity contribution is 14.1. The Kier molecular flexibility index (Phi) is 5.38. The van der Waals surface area contributed by atoms with Gasteiger partial charge in [0.25, 0.3) is 0 Å². The van der Waals surface area contributed by atoms with Crippen molar-refractivity contribution in [2.75, 3.05) is 18.5 Å². The molecule has 0 saturated heterocycles. The summed E-state index contributed by atoms with van der Waals surface area (Å²) >= 11 is 2.37. The van der Waals surface area contributed by atoms with E-state index in [1.54, 1.807) is 0 Å². The fraction of sp³-hybridized carbons (Fsp3) is 0.714. The van der Waals surface area contributed by atoms with Crippen LogP contribution in [0.4, 0.5) is 5.82 Å². The number of nitrogens with one attached hydrogen (secondary N) is 1. The fourth-order valence-electron chi connectivity index (χ4n) is 1.98. The van der Waals surface area contributed by atoms with Crippen molar-refractivity contribution in [1.82, 2.24) is 9.97 Å². The van der Waals surface area contributed by atoms with Gasteiger partial charge < -0.3 is 10.1 Å². The zero-order chi connectivity index (χ0) is 13.8. The van der Waals surface area contributed by atoms with E-state index in [9.17, 15) is 0 Å². The molecule has 1 aliphatic carbocycles. The Morgan fingerprint density at radius 1 is 1.37 bits per heavy atom. The topological polar surface area (TPSA) is 47.0 Å². The molecular weight excluding hydrogens is 353 g/mol. The SMILES string of the molecule is CCCNc1nc(C(C)OCC)nc(C2CC2)c1I. The van der Waals surface area contributed by atoms with E-state index < -0.39 is 0 Å². The molecule has 1 aromatic rings. The molecular formula is C14H22IN3O. The number of anilines is 1. The van der Waals surface area contributed by atoms with E-state index in [0.29, 0.717) is 12.5 Å². The van der Waals surface area contributed by atoms with Crippen LogP contribution in [-0.4, -0.2) is 23.1 Å². The van der Waals surface area contributed by atoms with Crippen LogP contribution in [0, 0.1) is 3.57 Å². The number of hydrogen-bond donors (Lipinski definition) is 1. The minimum Gasteiger partial charge on any atom is -0.371 e. The molecule has 0 bridgehead atoms. The molecule has 0 aromatic carbocycles. The standard InChI is InChI=1S/C14H22IN3O/c1-4-8-16-14-11(15)12(10-6-7-10)17-13(18-14)9(3)19-5-2/h9-10H,4-8H2,1-3H3,(H,16,17,18). The predicted molar refractivity (Wildman–Crippen MR) is 85.5 cm³/mol. The van der Waals surface area contributed by atoms with Crippen molar-refractivity contribution in [3.63, 3.8) is 0 Å². The smallest absolute Gasteiger partial charge is 0.159 e. The highest BCUT2D eigenvalue weighted by atomic mass is 127. The van der Waals surface area contributed by atoms with Crippen molar-refractivity contribution < 1.29 is 4.74 Å². The molecule has 0 radical (unpaired) electrons. The maximum atomic E-state index is 5.63. The van der Waals surface area contributed by atoms with Crippen LogP contribution >= 0.6 is 22.6 Å². The molecule has 1 heterocycles. The summed E-state index contributed by atoms with van der Waals surface area (Å²) < 4.78 is 6.81. The number of hydrogen-bond acceptors (Lipinski definition) is 4. The zero-order valence-corrected chi connectivity index (χ0v) is 14.0. The molecule has 4 nitrogen and oxygen atoms in total. The molecule has 0 amide bonds. The monoisotopic (exact) mass is 375 g/mol. The maximum Gasteiger partial charge on any atom is 0.159 e. The van der Waals surface area contributed by atoms with E-state index in [0.717, 1.165) is 24.6 Å². The minimum absolute atomic E-state index is 0.0401. The molecule has 1 unspecified atom stereocenters. The van der Waals surface area contributed by atoms with Gasteiger partial charge in [0.15, 0.2) is 5.82 Å². The summed E-state index contributed by atoms with van der Waals surface area (Å²) in [5.41, 5.74) is 1.20. The summed E-state index contributed by atoms with van der Waals surface area (Å²) in [7, 11) is 0. The first kappa shape index (κ1) is 15.0. The Morgan fingerprint density at radius 3 is 2.68 bits per heavy atom. The summed E-state index contributed by atoms with van der Waals surface area (Å²) in [6.07, 6.45) is 3.56. The Morgan fingerprint density at radius 2 is 2.11 bits per heavy atom. The number of ether oxygens (including phenoxy) is 1. The van der Waals surface area contributed by atoms with Gasteiger partial charge in [-0.1, -0.05) is 6.92 Å². The van der Waals surface area contributed by atoms with Gasteiger partial charge in [0.05, 0.1) is 9.26 Å². The van der Waals surface area contributed by atoms with Crippen molar-refractivity contribution in [3.8, 4) is 0 Å². The normalized spacial score (nSPS) is 16.4. The summed E-state index contributed by atoms with van der Waals surface area (Å²) in [5.74, 6) is 2.41. The first-order valence-corrected chi connectivity index (χ1v) is 8.18. The number of aromatic nitrogens is 2. The quantitative estimate of drug-likeness (QED) is 0.735. The van der Waals surface area contributed by atoms with E-state index in [-0.39, 0.29) is 6.10 Å². The molecule has 2 rings (SSSR count). The predicted octanol–water partition coefficient (Wildman–Crippen LogP) is 3.88. The Hall–Kier alpha value is -0.430. The Balaban J connectivity index is 2.30. The molecule has 0 aliphatic heterocycles. The molecule has 1 N–H and O–H groups in total. The van der Waals surface area contributed by atoms with E-state index >= 15 is 0 Å². The summed E-state index contributed by atoms with van der Waals surface area (Å²) in [6.45, 7) is 7.81. The first-order chi connectivity index (χ1) is 9.17. The van der Waals surface area contributed by atoms with Crippen molar-refractivity contribution >= 4 is 28.4 Å². The molecule has 5 heteroatoms. The fourth-order valence-corrected chi connectivity index (χ4v) is 2.85. The molecule has 1 aliphatic rings. The highest BCUT2D eigenvalue weighted by Crippen LogP contribution is 2.42. The van der Waals surface area contributed by atoms with Crippen LogP contribution in [0.1, 0.15) is 63.6 Å². The van der Waals surface area contributed by atoms with E-state index in [1.807, 2.05) is 13.8 Å². The Labute approximate surface area is 128 Å². The van der Waals surface area contributed by atoms with Crippen LogP contribution in [0.2, 0.25) is 0 Å². The molecule has 1 saturated carbocycles. The molecule has 1 fully saturated rings. The van der Waals surface area contributed by atoms with Gasteiger partial charge in [-0.3, -0.25) is 0 Å². The third-order valence-corrected chi connectivity index (χ3v) is 4.24. The van der Waals surface area contributed by atoms with Gasteiger partial charge in [-0.15, -0.1) is 0 Å². The van der Waals surface area contributed by atoms with Gasteiger partial charge in [-0.25, -0.2) is 9.97 Å². The van der Waals surface area contributed by atoms with Gasteiger partial charge in [-0.2, -0.15) is 0 Å². The van der Waals surface area contributed by atoms with Crippen LogP contribution in [0.15, 0.2) is 0 Å². The lowest BCUT2D eigenvalue weighted by Crippen LogP contribution is -2.13. The van der Waals surface area contributed by atoms with Gasteiger partial charge in [-0.05, 0) is 55.7 Å². The second kappa shape index (κ2) is 6.83. The minimum atomic E-state index is -0.0401. The second-order valence-electron chi connectivity index (χ2n) is 4.93. The largest absolute Gasteiger partial charge is 0.371 e. The van der Waals surface area contributed by atoms with Crippen LogP contribution in [-0.2, 0) is 4.74 Å². The summed E-state index contributed by atoms with van der Waals surface area (Å²) in [6, 6.07) is 0. The lowest BCUT2D eigenvalue weighted by molar-refractivity contribution is 0.0699. The summed E-state index contributed by atoms with van der Waals surface area (Å²) in [4.78, 5) is 9.38. The molecule has 1 atom stereocenters. The lowest BCUT2D eigenvalue weighted by Gasteiger charge is -2.16. The van der Waals surface area contributed by atoms with Crippen LogP contribution in [0.5, 0.6) is 0 Å². The maximum absolute atomic E-state index is 5.63. The second-order valence-corrected chi connectivity index (χ2v) is 6.01. The van der Waals surface area contributed by atoms with Crippen LogP contribution < -0.4 is 5.32 Å². The lowest BCUT2D eigenvalue weighted by atomic mass is 10.2. The number of nitrogens with zero attached hydrogens (tertiary/aromatic N) is 2. The third-order valence-electron chi connectivity index (χ3n) is 3.18. The average Bonchev–Trinajstić information content (AvgIpc) is 3.22. The van der Waals surface area contributed by atoms with Gasteiger partial charge in [0.2, 0.25) is 0 Å². The molecule has 106 valence electrons. The number of halogens is 1. The molecule has 0 spiro atoms. The van der Waals surface area contributed by atoms with Crippen molar-refractivity contribution in [1.29, 1.82) is 0 Å². The summed E-state index contributed by atoms with van der Waals surface area (Å²) in [5, 5.41) is 3.41. The zero-order valence-electron chi connectivity index (χ0n) is 11.9. The Bertz CT molecular complexity index is 435. The van der Waals surface area contributed by atoms with Crippen LogP contribution in [0.25, 0.3) is 0 Å². The van der Waals surface area contributed by atoms with Gasteiger partial charge in [0.1, 0.15) is 11.9 Å². The van der Waals surface area contributed by atoms with E-state index in [1.165, 1.54) is 22.1 Å². The van der Waals surface area contributed by atoms with E-state index in [4.69, 9.17) is 9.72 Å². The average molecular weight is 375 g/mol. The third kappa shape index (κ3) is 3.78.